The van der Waals surface area contributed by atoms with E-state index in [1.807, 2.05) is 18.2 Å². The highest BCUT2D eigenvalue weighted by Crippen LogP contribution is 2.39. The number of rotatable bonds is 6. The molecule has 2 aromatic rings. The van der Waals surface area contributed by atoms with Crippen LogP contribution in [0.4, 0.5) is 0 Å². The van der Waals surface area contributed by atoms with Gasteiger partial charge in [-0.15, -0.1) is 0 Å². The summed E-state index contributed by atoms with van der Waals surface area (Å²) in [6.45, 7) is 3.96. The van der Waals surface area contributed by atoms with Crippen LogP contribution in [-0.2, 0) is 17.9 Å². The van der Waals surface area contributed by atoms with Gasteiger partial charge < -0.3 is 15.2 Å². The number of benzene rings is 2. The Morgan fingerprint density at radius 2 is 2.00 bits per heavy atom. The Morgan fingerprint density at radius 1 is 1.12 bits per heavy atom. The van der Waals surface area contributed by atoms with Crippen LogP contribution in [0.25, 0.3) is 0 Å². The summed E-state index contributed by atoms with van der Waals surface area (Å²) in [4.78, 5) is 2.45. The molecule has 2 unspecified atom stereocenters. The van der Waals surface area contributed by atoms with Gasteiger partial charge in [-0.25, -0.2) is 0 Å². The van der Waals surface area contributed by atoms with E-state index in [0.717, 1.165) is 31.9 Å². The van der Waals surface area contributed by atoms with Crippen molar-refractivity contribution < 1.29 is 9.47 Å². The fourth-order valence-corrected chi connectivity index (χ4v) is 3.96. The molecule has 1 saturated heterocycles. The van der Waals surface area contributed by atoms with Gasteiger partial charge in [-0.05, 0) is 30.0 Å². The summed E-state index contributed by atoms with van der Waals surface area (Å²) >= 11 is 0. The molecule has 4 nitrogen and oxygen atoms in total. The van der Waals surface area contributed by atoms with Crippen LogP contribution < -0.4 is 10.5 Å². The largest absolute Gasteiger partial charge is 0.489 e. The number of nitrogens with two attached hydrogens (primary N) is 1. The first kappa shape index (κ1) is 16.6. The molecule has 0 bridgehead atoms. The average Bonchev–Trinajstić information content (AvgIpc) is 3.28. The SMILES string of the molecule is NCC1c2cccc(OCc3ccccc3)c2CN1CC1CCCO1. The predicted molar refractivity (Wildman–Crippen MR) is 98.4 cm³/mol. The van der Waals surface area contributed by atoms with Gasteiger partial charge in [0.15, 0.2) is 0 Å². The van der Waals surface area contributed by atoms with Gasteiger partial charge in [-0.2, -0.15) is 0 Å². The van der Waals surface area contributed by atoms with E-state index in [2.05, 4.69) is 35.2 Å². The lowest BCUT2D eigenvalue weighted by Gasteiger charge is -2.26. The highest BCUT2D eigenvalue weighted by Gasteiger charge is 2.33. The maximum Gasteiger partial charge on any atom is 0.124 e. The predicted octanol–water partition coefficient (Wildman–Crippen LogP) is 3.26. The Labute approximate surface area is 149 Å². The third kappa shape index (κ3) is 3.56. The van der Waals surface area contributed by atoms with Crippen LogP contribution >= 0.6 is 0 Å². The van der Waals surface area contributed by atoms with Crippen molar-refractivity contribution >= 4 is 0 Å². The minimum atomic E-state index is 0.263. The second kappa shape index (κ2) is 7.56. The van der Waals surface area contributed by atoms with Crippen molar-refractivity contribution in [2.24, 2.45) is 5.73 Å². The van der Waals surface area contributed by atoms with Gasteiger partial charge in [-0.1, -0.05) is 42.5 Å². The Morgan fingerprint density at radius 3 is 2.76 bits per heavy atom. The molecule has 2 atom stereocenters. The Hall–Kier alpha value is -1.88. The van der Waals surface area contributed by atoms with Crippen molar-refractivity contribution in [2.45, 2.75) is 38.1 Å². The highest BCUT2D eigenvalue weighted by molar-refractivity contribution is 5.45. The number of fused-ring (bicyclic) bond motifs is 1. The van der Waals surface area contributed by atoms with E-state index in [9.17, 15) is 0 Å². The Bertz CT molecular complexity index is 698. The van der Waals surface area contributed by atoms with Crippen LogP contribution in [-0.4, -0.2) is 30.7 Å². The number of hydrogen-bond donors (Lipinski definition) is 1. The standard InChI is InChI=1S/C21H26N2O2/c22-12-20-18-9-4-10-21(25-15-16-6-2-1-3-7-16)19(18)14-23(20)13-17-8-5-11-24-17/h1-4,6-7,9-10,17,20H,5,8,11-15,22H2. The summed E-state index contributed by atoms with van der Waals surface area (Å²) in [5, 5.41) is 0. The zero-order valence-electron chi connectivity index (χ0n) is 14.6. The molecule has 2 aromatic carbocycles. The molecule has 4 rings (SSSR count). The lowest BCUT2D eigenvalue weighted by atomic mass is 10.0. The zero-order chi connectivity index (χ0) is 17.1. The molecule has 2 aliphatic rings. The van der Waals surface area contributed by atoms with E-state index in [-0.39, 0.29) is 6.04 Å². The fourth-order valence-electron chi connectivity index (χ4n) is 3.96. The van der Waals surface area contributed by atoms with Crippen molar-refractivity contribution in [3.63, 3.8) is 0 Å². The zero-order valence-corrected chi connectivity index (χ0v) is 14.6. The van der Waals surface area contributed by atoms with E-state index in [1.165, 1.54) is 23.1 Å². The topological polar surface area (TPSA) is 47.7 Å². The molecule has 0 aliphatic carbocycles. The highest BCUT2D eigenvalue weighted by atomic mass is 16.5. The van der Waals surface area contributed by atoms with Crippen LogP contribution in [0.1, 0.15) is 35.6 Å². The third-order valence-corrected chi connectivity index (χ3v) is 5.25. The smallest absolute Gasteiger partial charge is 0.124 e. The molecule has 25 heavy (non-hydrogen) atoms. The van der Waals surface area contributed by atoms with Crippen molar-refractivity contribution in [1.82, 2.24) is 4.90 Å². The summed E-state index contributed by atoms with van der Waals surface area (Å²) in [5.41, 5.74) is 9.89. The second-order valence-electron chi connectivity index (χ2n) is 6.91. The van der Waals surface area contributed by atoms with Crippen molar-refractivity contribution in [2.75, 3.05) is 19.7 Å². The van der Waals surface area contributed by atoms with E-state index < -0.39 is 0 Å². The number of nitrogens with zero attached hydrogens (tertiary/aromatic N) is 1. The lowest BCUT2D eigenvalue weighted by molar-refractivity contribution is 0.0607. The summed E-state index contributed by atoms with van der Waals surface area (Å²) in [7, 11) is 0. The molecule has 0 radical (unpaired) electrons. The summed E-state index contributed by atoms with van der Waals surface area (Å²) < 4.78 is 12.0. The quantitative estimate of drug-likeness (QED) is 0.878. The first-order valence-electron chi connectivity index (χ1n) is 9.19. The van der Waals surface area contributed by atoms with Crippen LogP contribution in [0.15, 0.2) is 48.5 Å². The molecule has 4 heteroatoms. The monoisotopic (exact) mass is 338 g/mol. The molecule has 0 saturated carbocycles. The Kier molecular flexibility index (Phi) is 5.02. The third-order valence-electron chi connectivity index (χ3n) is 5.25. The summed E-state index contributed by atoms with van der Waals surface area (Å²) in [6, 6.07) is 16.9. The molecular formula is C21H26N2O2. The fraction of sp³-hybridized carbons (Fsp3) is 0.429. The van der Waals surface area contributed by atoms with E-state index in [4.69, 9.17) is 15.2 Å². The first-order chi connectivity index (χ1) is 12.3. The van der Waals surface area contributed by atoms with Gasteiger partial charge in [0.05, 0.1) is 6.10 Å². The maximum atomic E-state index is 6.15. The number of ether oxygens (including phenoxy) is 2. The second-order valence-corrected chi connectivity index (χ2v) is 6.91. The normalized spacial score (nSPS) is 22.9. The lowest BCUT2D eigenvalue weighted by Crippen LogP contribution is -2.34. The summed E-state index contributed by atoms with van der Waals surface area (Å²) in [6.07, 6.45) is 2.67. The van der Waals surface area contributed by atoms with Gasteiger partial charge in [-0.3, -0.25) is 4.90 Å². The summed E-state index contributed by atoms with van der Waals surface area (Å²) in [5.74, 6) is 0.981. The molecule has 0 spiro atoms. The average molecular weight is 338 g/mol. The maximum absolute atomic E-state index is 6.15. The molecule has 132 valence electrons. The minimum Gasteiger partial charge on any atom is -0.489 e. The van der Waals surface area contributed by atoms with Gasteiger partial charge in [0.1, 0.15) is 12.4 Å². The molecule has 2 N–H and O–H groups in total. The van der Waals surface area contributed by atoms with Crippen molar-refractivity contribution in [1.29, 1.82) is 0 Å². The Balaban J connectivity index is 1.50. The van der Waals surface area contributed by atoms with Crippen LogP contribution in [0.3, 0.4) is 0 Å². The molecule has 2 aliphatic heterocycles. The van der Waals surface area contributed by atoms with E-state index in [1.54, 1.807) is 0 Å². The van der Waals surface area contributed by atoms with Crippen LogP contribution in [0, 0.1) is 0 Å². The number of hydrogen-bond acceptors (Lipinski definition) is 4. The van der Waals surface area contributed by atoms with E-state index >= 15 is 0 Å². The minimum absolute atomic E-state index is 0.263. The molecule has 0 amide bonds. The molecule has 0 aromatic heterocycles. The van der Waals surface area contributed by atoms with Crippen LogP contribution in [0.5, 0.6) is 5.75 Å². The van der Waals surface area contributed by atoms with E-state index in [0.29, 0.717) is 19.3 Å². The first-order valence-corrected chi connectivity index (χ1v) is 9.19. The van der Waals surface area contributed by atoms with Crippen molar-refractivity contribution in [3.8, 4) is 5.75 Å². The van der Waals surface area contributed by atoms with Gasteiger partial charge in [0.25, 0.3) is 0 Å². The van der Waals surface area contributed by atoms with Crippen molar-refractivity contribution in [3.05, 3.63) is 65.2 Å². The van der Waals surface area contributed by atoms with Gasteiger partial charge in [0, 0.05) is 37.8 Å². The van der Waals surface area contributed by atoms with Gasteiger partial charge in [0.2, 0.25) is 0 Å². The molecular weight excluding hydrogens is 312 g/mol. The molecule has 1 fully saturated rings. The molecule has 2 heterocycles. The van der Waals surface area contributed by atoms with Gasteiger partial charge >= 0.3 is 0 Å². The van der Waals surface area contributed by atoms with Crippen LogP contribution in [0.2, 0.25) is 0 Å².